The molecule has 3 N–H and O–H groups in total. The highest BCUT2D eigenvalue weighted by Crippen LogP contribution is 2.22. The number of amides is 1. The maximum Gasteiger partial charge on any atom is 0.256 e. The maximum atomic E-state index is 11.4. The molecule has 1 atom stereocenters. The fourth-order valence-electron chi connectivity index (χ4n) is 2.58. The number of hydrogen-bond donors (Lipinski definition) is 2. The molecule has 0 radical (unpaired) electrons. The van der Waals surface area contributed by atoms with Crippen molar-refractivity contribution in [2.75, 3.05) is 19.7 Å². The number of piperidine rings is 1. The first kappa shape index (κ1) is 13.9. The van der Waals surface area contributed by atoms with Crippen LogP contribution in [0.2, 0.25) is 0 Å². The summed E-state index contributed by atoms with van der Waals surface area (Å²) in [4.78, 5) is 11.4. The van der Waals surface area contributed by atoms with Gasteiger partial charge in [0.1, 0.15) is 5.56 Å². The van der Waals surface area contributed by atoms with Crippen molar-refractivity contribution in [3.05, 3.63) is 11.3 Å². The van der Waals surface area contributed by atoms with Crippen LogP contribution in [0.15, 0.2) is 0 Å². The Morgan fingerprint density at radius 2 is 2.42 bits per heavy atom. The van der Waals surface area contributed by atoms with Gasteiger partial charge in [0, 0.05) is 7.05 Å². The van der Waals surface area contributed by atoms with E-state index in [4.69, 9.17) is 10.5 Å². The molecule has 1 aliphatic rings. The summed E-state index contributed by atoms with van der Waals surface area (Å²) < 4.78 is 7.30. The van der Waals surface area contributed by atoms with Crippen LogP contribution in [-0.2, 0) is 7.05 Å². The fraction of sp³-hybridized carbons (Fsp3) is 0.692. The second kappa shape index (κ2) is 6.06. The average molecular weight is 266 g/mol. The van der Waals surface area contributed by atoms with Crippen molar-refractivity contribution < 1.29 is 9.53 Å². The summed E-state index contributed by atoms with van der Waals surface area (Å²) in [6.07, 6.45) is 3.45. The van der Waals surface area contributed by atoms with Crippen LogP contribution in [0.1, 0.15) is 35.3 Å². The van der Waals surface area contributed by atoms with E-state index >= 15 is 0 Å². The Balaban J connectivity index is 1.93. The van der Waals surface area contributed by atoms with E-state index in [-0.39, 0.29) is 0 Å². The van der Waals surface area contributed by atoms with Gasteiger partial charge in [-0.15, -0.1) is 0 Å². The van der Waals surface area contributed by atoms with Gasteiger partial charge in [-0.2, -0.15) is 5.10 Å². The van der Waals surface area contributed by atoms with Gasteiger partial charge < -0.3 is 15.8 Å². The summed E-state index contributed by atoms with van der Waals surface area (Å²) in [5.74, 6) is 0.647. The summed E-state index contributed by atoms with van der Waals surface area (Å²) in [5.41, 5.74) is 6.37. The lowest BCUT2D eigenvalue weighted by atomic mass is 9.97. The van der Waals surface area contributed by atoms with Crippen LogP contribution in [0.5, 0.6) is 5.88 Å². The third kappa shape index (κ3) is 3.26. The van der Waals surface area contributed by atoms with Crippen LogP contribution < -0.4 is 15.8 Å². The monoisotopic (exact) mass is 266 g/mol. The van der Waals surface area contributed by atoms with E-state index in [0.717, 1.165) is 19.5 Å². The van der Waals surface area contributed by atoms with Gasteiger partial charge in [-0.25, -0.2) is 4.68 Å². The number of carbonyl (C=O) groups excluding carboxylic acids is 1. The highest BCUT2D eigenvalue weighted by Gasteiger charge is 2.20. The van der Waals surface area contributed by atoms with Crippen molar-refractivity contribution in [1.82, 2.24) is 15.1 Å². The maximum absolute atomic E-state index is 11.4. The summed E-state index contributed by atoms with van der Waals surface area (Å²) in [5, 5.41) is 7.56. The molecule has 6 nitrogen and oxygen atoms in total. The second-order valence-electron chi connectivity index (χ2n) is 5.10. The van der Waals surface area contributed by atoms with Crippen LogP contribution in [0.25, 0.3) is 0 Å². The Bertz CT molecular complexity index is 450. The minimum Gasteiger partial charge on any atom is -0.477 e. The van der Waals surface area contributed by atoms with Crippen molar-refractivity contribution in [3.8, 4) is 5.88 Å². The predicted octanol–water partition coefficient (Wildman–Crippen LogP) is 0.596. The Labute approximate surface area is 113 Å². The van der Waals surface area contributed by atoms with Gasteiger partial charge >= 0.3 is 0 Å². The molecule has 1 aliphatic heterocycles. The zero-order chi connectivity index (χ0) is 13.8. The molecule has 1 fully saturated rings. The molecule has 1 aromatic heterocycles. The molecule has 2 heterocycles. The van der Waals surface area contributed by atoms with E-state index in [1.54, 1.807) is 18.7 Å². The Hall–Kier alpha value is -1.56. The van der Waals surface area contributed by atoms with Gasteiger partial charge in [0.05, 0.1) is 12.3 Å². The first-order valence-electron chi connectivity index (χ1n) is 6.76. The molecule has 1 aromatic rings. The zero-order valence-electron chi connectivity index (χ0n) is 11.6. The number of nitrogens with one attached hydrogen (secondary N) is 1. The zero-order valence-corrected chi connectivity index (χ0v) is 11.6. The van der Waals surface area contributed by atoms with Gasteiger partial charge in [0.15, 0.2) is 0 Å². The number of ether oxygens (including phenoxy) is 1. The SMILES string of the molecule is Cc1nn(C)c(OCCC2CCCNC2)c1C(N)=O. The minimum absolute atomic E-state index is 0.393. The van der Waals surface area contributed by atoms with E-state index in [9.17, 15) is 4.79 Å². The molecule has 1 saturated heterocycles. The molecule has 0 aromatic carbocycles. The smallest absolute Gasteiger partial charge is 0.256 e. The van der Waals surface area contributed by atoms with Crippen LogP contribution in [0, 0.1) is 12.8 Å². The van der Waals surface area contributed by atoms with Crippen LogP contribution in [0.3, 0.4) is 0 Å². The highest BCUT2D eigenvalue weighted by atomic mass is 16.5. The van der Waals surface area contributed by atoms with Crippen molar-refractivity contribution in [1.29, 1.82) is 0 Å². The summed E-state index contributed by atoms with van der Waals surface area (Å²) >= 11 is 0. The predicted molar refractivity (Wildman–Crippen MR) is 72.2 cm³/mol. The lowest BCUT2D eigenvalue weighted by Gasteiger charge is -2.22. The molecule has 0 aliphatic carbocycles. The number of primary amides is 1. The van der Waals surface area contributed by atoms with Crippen molar-refractivity contribution >= 4 is 5.91 Å². The Morgan fingerprint density at radius 3 is 3.05 bits per heavy atom. The first-order chi connectivity index (χ1) is 9.09. The number of aromatic nitrogens is 2. The molecule has 1 unspecified atom stereocenters. The minimum atomic E-state index is -0.486. The van der Waals surface area contributed by atoms with Crippen molar-refractivity contribution in [2.24, 2.45) is 18.7 Å². The van der Waals surface area contributed by atoms with Crippen molar-refractivity contribution in [2.45, 2.75) is 26.2 Å². The standard InChI is InChI=1S/C13H22N4O2/c1-9-11(12(14)18)13(17(2)16-9)19-7-5-10-4-3-6-15-8-10/h10,15H,3-8H2,1-2H3,(H2,14,18). The second-order valence-corrected chi connectivity index (χ2v) is 5.10. The highest BCUT2D eigenvalue weighted by molar-refractivity contribution is 5.96. The number of nitrogens with zero attached hydrogens (tertiary/aromatic N) is 2. The van der Waals surface area contributed by atoms with Crippen LogP contribution in [0.4, 0.5) is 0 Å². The van der Waals surface area contributed by atoms with Gasteiger partial charge in [-0.3, -0.25) is 4.79 Å². The van der Waals surface area contributed by atoms with E-state index in [0.29, 0.717) is 29.7 Å². The third-order valence-electron chi connectivity index (χ3n) is 3.58. The Morgan fingerprint density at radius 1 is 1.63 bits per heavy atom. The van der Waals surface area contributed by atoms with E-state index in [1.807, 2.05) is 0 Å². The molecule has 19 heavy (non-hydrogen) atoms. The molecular formula is C13H22N4O2. The number of aryl methyl sites for hydroxylation is 2. The third-order valence-corrected chi connectivity index (χ3v) is 3.58. The molecule has 2 rings (SSSR count). The van der Waals surface area contributed by atoms with Crippen LogP contribution >= 0.6 is 0 Å². The molecule has 0 bridgehead atoms. The van der Waals surface area contributed by atoms with Crippen LogP contribution in [-0.4, -0.2) is 35.4 Å². The molecule has 0 spiro atoms. The lowest BCUT2D eigenvalue weighted by Crippen LogP contribution is -2.30. The normalized spacial score (nSPS) is 19.4. The first-order valence-corrected chi connectivity index (χ1v) is 6.76. The van der Waals surface area contributed by atoms with Gasteiger partial charge in [-0.05, 0) is 45.2 Å². The van der Waals surface area contributed by atoms with E-state index < -0.39 is 5.91 Å². The largest absolute Gasteiger partial charge is 0.477 e. The van der Waals surface area contributed by atoms with Crippen molar-refractivity contribution in [3.63, 3.8) is 0 Å². The molecule has 6 heteroatoms. The number of hydrogen-bond acceptors (Lipinski definition) is 4. The molecule has 0 saturated carbocycles. The quantitative estimate of drug-likeness (QED) is 0.817. The number of rotatable bonds is 5. The lowest BCUT2D eigenvalue weighted by molar-refractivity contribution is 0.0994. The Kier molecular flexibility index (Phi) is 4.42. The topological polar surface area (TPSA) is 82.2 Å². The van der Waals surface area contributed by atoms with Gasteiger partial charge in [0.2, 0.25) is 5.88 Å². The van der Waals surface area contributed by atoms with E-state index in [1.165, 1.54) is 12.8 Å². The van der Waals surface area contributed by atoms with Gasteiger partial charge in [-0.1, -0.05) is 0 Å². The number of nitrogens with two attached hydrogens (primary N) is 1. The summed E-state index contributed by atoms with van der Waals surface area (Å²) in [6, 6.07) is 0. The summed E-state index contributed by atoms with van der Waals surface area (Å²) in [6.45, 7) is 4.52. The average Bonchev–Trinajstić information content (AvgIpc) is 2.65. The summed E-state index contributed by atoms with van der Waals surface area (Å²) in [7, 11) is 1.76. The molecular weight excluding hydrogens is 244 g/mol. The van der Waals surface area contributed by atoms with Gasteiger partial charge in [0.25, 0.3) is 5.91 Å². The molecule has 106 valence electrons. The molecule has 1 amide bonds. The number of carbonyl (C=O) groups is 1. The van der Waals surface area contributed by atoms with E-state index in [2.05, 4.69) is 10.4 Å². The fourth-order valence-corrected chi connectivity index (χ4v) is 2.58.